The largest absolute Gasteiger partial charge is 0.489 e. The number of sulfonamides is 1. The first kappa shape index (κ1) is 49.3. The average Bonchev–Trinajstić information content (AvgIpc) is 4.05. The quantitative estimate of drug-likeness (QED) is 0.0644. The number of nitro benzene ring substituents is 1. The molecule has 3 saturated heterocycles. The van der Waals surface area contributed by atoms with Crippen LogP contribution in [0.1, 0.15) is 138 Å². The zero-order valence-electron chi connectivity index (χ0n) is 42.6. The maximum atomic E-state index is 14.5. The van der Waals surface area contributed by atoms with E-state index in [1.165, 1.54) is 42.9 Å². The van der Waals surface area contributed by atoms with E-state index in [-0.39, 0.29) is 69.9 Å². The lowest BCUT2D eigenvalue weighted by molar-refractivity contribution is -0.384. The van der Waals surface area contributed by atoms with Crippen LogP contribution >= 0.6 is 0 Å². The van der Waals surface area contributed by atoms with Crippen molar-refractivity contribution in [2.24, 2.45) is 16.7 Å². The zero-order valence-corrected chi connectivity index (χ0v) is 43.4. The molecule has 0 bridgehead atoms. The Morgan fingerprint density at radius 3 is 2.45 bits per heavy atom. The smallest absolute Gasteiger partial charge is 0.297 e. The SMILES string of the molecule is CC(C)c1ccccc1[C@H]1CCCN1C1CC2(CCN(c3ccc(C(=O)NS(=O)(=O)c4cc5c(c([N+](=O)[O-])c4)N[C@@H](C4CCC(C)(C)CC4)CO5)c(Oc4cc5cc[nH]c5nc4OC4CCNCC4)c3)CC2)C1. The van der Waals surface area contributed by atoms with Crippen LogP contribution in [0.4, 0.5) is 17.1 Å². The number of aromatic nitrogens is 2. The number of nitrogens with zero attached hydrogens (tertiary/aromatic N) is 4. The number of pyridine rings is 1. The van der Waals surface area contributed by atoms with Gasteiger partial charge in [0.2, 0.25) is 0 Å². The summed E-state index contributed by atoms with van der Waals surface area (Å²) in [5, 5.41) is 20.0. The standard InChI is InChI=1S/C56H70N8O8S/c1-35(2)42-8-5-6-9-43(42)46-10-7-25-63(46)39-32-56(33-39)20-26-62(27-21-56)38-11-12-44(48(29-38)72-50-28-37-15-24-58-52(37)60-54(50)71-40-16-22-57-23-17-40)53(65)61-73(68,69)41-30-47(64(66)67)51-49(31-41)70-34-45(59-51)36-13-18-55(3,4)19-14-36/h5-6,8-9,11-12,15,24,28-31,35-36,39-40,45-46,57,59H,7,10,13-14,16-23,25-27,32-34H2,1-4H3,(H,58,60)(H,61,65)/t45-,46-/m1/s1. The van der Waals surface area contributed by atoms with Gasteiger partial charge in [0.1, 0.15) is 24.1 Å². The number of benzene rings is 3. The van der Waals surface area contributed by atoms with Crippen LogP contribution in [-0.4, -0.2) is 91.6 Å². The molecule has 17 heteroatoms. The number of carbonyl (C=O) groups excluding carboxylic acids is 1. The molecule has 3 aromatic carbocycles. The van der Waals surface area contributed by atoms with Crippen LogP contribution in [0.15, 0.2) is 77.8 Å². The molecule has 6 aliphatic rings. The first-order valence-electron chi connectivity index (χ1n) is 26.7. The minimum absolute atomic E-state index is 0.0464. The molecule has 1 spiro atoms. The number of ether oxygens (including phenoxy) is 3. The Hall–Kier alpha value is -5.91. The summed E-state index contributed by atoms with van der Waals surface area (Å²) in [6, 6.07) is 21.0. The van der Waals surface area contributed by atoms with Crippen molar-refractivity contribution >= 4 is 44.0 Å². The van der Waals surface area contributed by atoms with E-state index >= 15 is 0 Å². The minimum atomic E-state index is -4.69. The number of aromatic amines is 1. The molecule has 11 rings (SSSR count). The van der Waals surface area contributed by atoms with Crippen molar-refractivity contribution in [1.29, 1.82) is 0 Å². The number of fused-ring (bicyclic) bond motifs is 2. The highest BCUT2D eigenvalue weighted by atomic mass is 32.2. The van der Waals surface area contributed by atoms with Gasteiger partial charge in [-0.1, -0.05) is 52.0 Å². The maximum absolute atomic E-state index is 14.5. The number of nitrogens with one attached hydrogen (secondary N) is 4. The highest BCUT2D eigenvalue weighted by Crippen LogP contribution is 2.55. The lowest BCUT2D eigenvalue weighted by Crippen LogP contribution is -2.54. The normalized spacial score (nSPS) is 22.6. The van der Waals surface area contributed by atoms with Gasteiger partial charge >= 0.3 is 0 Å². The average molecular weight is 1020 g/mol. The molecule has 2 saturated carbocycles. The van der Waals surface area contributed by atoms with Gasteiger partial charge in [-0.3, -0.25) is 19.8 Å². The van der Waals surface area contributed by atoms with Crippen LogP contribution in [-0.2, 0) is 10.0 Å². The Kier molecular flexibility index (Phi) is 13.3. The van der Waals surface area contributed by atoms with Crippen LogP contribution < -0.4 is 34.5 Å². The number of hydrogen-bond acceptors (Lipinski definition) is 13. The Bertz CT molecular complexity index is 2980. The summed E-state index contributed by atoms with van der Waals surface area (Å²) in [5.41, 5.74) is 4.58. The molecular weight excluding hydrogens is 945 g/mol. The fourth-order valence-corrected chi connectivity index (χ4v) is 13.9. The number of anilines is 2. The van der Waals surface area contributed by atoms with E-state index in [1.807, 2.05) is 18.2 Å². The molecule has 2 aromatic heterocycles. The van der Waals surface area contributed by atoms with Crippen molar-refractivity contribution in [3.8, 4) is 23.1 Å². The topological polar surface area (TPSA) is 193 Å². The number of carbonyl (C=O) groups is 1. The van der Waals surface area contributed by atoms with Gasteiger partial charge in [0.15, 0.2) is 17.2 Å². The van der Waals surface area contributed by atoms with Crippen molar-refractivity contribution in [1.82, 2.24) is 24.9 Å². The van der Waals surface area contributed by atoms with Gasteiger partial charge in [-0.05, 0) is 155 Å². The number of hydrogen-bond donors (Lipinski definition) is 4. The van der Waals surface area contributed by atoms with Gasteiger partial charge in [-0.2, -0.15) is 4.98 Å². The third-order valence-electron chi connectivity index (χ3n) is 17.2. The summed E-state index contributed by atoms with van der Waals surface area (Å²) in [6.07, 6.45) is 14.1. The second kappa shape index (κ2) is 19.7. The van der Waals surface area contributed by atoms with Crippen molar-refractivity contribution in [3.05, 3.63) is 99.7 Å². The van der Waals surface area contributed by atoms with Crippen LogP contribution in [0, 0.1) is 26.9 Å². The van der Waals surface area contributed by atoms with Crippen LogP contribution in [0.5, 0.6) is 23.1 Å². The molecule has 0 radical (unpaired) electrons. The fourth-order valence-electron chi connectivity index (χ4n) is 12.8. The zero-order chi connectivity index (χ0) is 50.6. The highest BCUT2D eigenvalue weighted by Gasteiger charge is 2.50. The Labute approximate surface area is 428 Å². The number of H-pyrrole nitrogens is 1. The van der Waals surface area contributed by atoms with Gasteiger partial charge in [-0.25, -0.2) is 13.1 Å². The highest BCUT2D eigenvalue weighted by molar-refractivity contribution is 7.90. The molecule has 2 atom stereocenters. The van der Waals surface area contributed by atoms with E-state index in [2.05, 4.69) is 82.1 Å². The predicted octanol–water partition coefficient (Wildman–Crippen LogP) is 10.6. The molecule has 0 unspecified atom stereocenters. The number of amides is 1. The lowest BCUT2D eigenvalue weighted by Gasteiger charge is -2.56. The summed E-state index contributed by atoms with van der Waals surface area (Å²) in [7, 11) is -4.69. The van der Waals surface area contributed by atoms with Crippen LogP contribution in [0.3, 0.4) is 0 Å². The molecule has 6 heterocycles. The Balaban J connectivity index is 0.845. The first-order chi connectivity index (χ1) is 35.1. The summed E-state index contributed by atoms with van der Waals surface area (Å²) in [5.74, 6) is 0.468. The van der Waals surface area contributed by atoms with Crippen LogP contribution in [0.2, 0.25) is 0 Å². The van der Waals surface area contributed by atoms with E-state index < -0.39 is 31.4 Å². The second-order valence-electron chi connectivity index (χ2n) is 22.9. The molecule has 5 aromatic rings. The second-order valence-corrected chi connectivity index (χ2v) is 24.5. The van der Waals surface area contributed by atoms with Gasteiger partial charge in [-0.15, -0.1) is 0 Å². The maximum Gasteiger partial charge on any atom is 0.297 e. The molecule has 73 heavy (non-hydrogen) atoms. The molecular formula is C56H70N8O8S. The van der Waals surface area contributed by atoms with E-state index in [4.69, 9.17) is 19.2 Å². The van der Waals surface area contributed by atoms with Gasteiger partial charge < -0.3 is 34.7 Å². The lowest BCUT2D eigenvalue weighted by atomic mass is 9.59. The van der Waals surface area contributed by atoms with Crippen molar-refractivity contribution in [3.63, 3.8) is 0 Å². The van der Waals surface area contributed by atoms with Crippen molar-refractivity contribution < 1.29 is 32.3 Å². The molecule has 5 fully saturated rings. The molecule has 388 valence electrons. The van der Waals surface area contributed by atoms with E-state index in [0.29, 0.717) is 23.6 Å². The summed E-state index contributed by atoms with van der Waals surface area (Å²) >= 11 is 0. The molecule has 16 nitrogen and oxygen atoms in total. The molecule has 4 N–H and O–H groups in total. The fraction of sp³-hybridized carbons (Fsp3) is 0.536. The molecule has 2 aliphatic carbocycles. The van der Waals surface area contributed by atoms with Crippen LogP contribution in [0.25, 0.3) is 11.0 Å². The van der Waals surface area contributed by atoms with Gasteiger partial charge in [0.05, 0.1) is 21.4 Å². The van der Waals surface area contributed by atoms with Crippen molar-refractivity contribution in [2.75, 3.05) is 49.5 Å². The third-order valence-corrected chi connectivity index (χ3v) is 18.5. The Morgan fingerprint density at radius 2 is 1.70 bits per heavy atom. The van der Waals surface area contributed by atoms with E-state index in [9.17, 15) is 23.3 Å². The predicted molar refractivity (Wildman–Crippen MR) is 282 cm³/mol. The molecule has 1 amide bonds. The van der Waals surface area contributed by atoms with Gasteiger partial charge in [0, 0.05) is 60.6 Å². The Morgan fingerprint density at radius 1 is 0.932 bits per heavy atom. The number of nitro groups is 1. The summed E-state index contributed by atoms with van der Waals surface area (Å²) < 4.78 is 50.0. The summed E-state index contributed by atoms with van der Waals surface area (Å²) in [6.45, 7) is 13.7. The molecule has 4 aliphatic heterocycles. The van der Waals surface area contributed by atoms with E-state index in [0.717, 1.165) is 101 Å². The van der Waals surface area contributed by atoms with Gasteiger partial charge in [0.25, 0.3) is 27.5 Å². The third kappa shape index (κ3) is 10.1. The first-order valence-corrected chi connectivity index (χ1v) is 28.2. The minimum Gasteiger partial charge on any atom is -0.489 e. The monoisotopic (exact) mass is 1010 g/mol. The van der Waals surface area contributed by atoms with E-state index in [1.54, 1.807) is 18.3 Å². The number of rotatable bonds is 13. The number of piperidine rings is 2. The number of likely N-dealkylation sites (tertiary alicyclic amines) is 1. The van der Waals surface area contributed by atoms with Crippen molar-refractivity contribution in [2.45, 2.75) is 140 Å². The summed E-state index contributed by atoms with van der Waals surface area (Å²) in [4.78, 5) is 39.0.